The third-order valence-electron chi connectivity index (χ3n) is 1.23. The maximum Gasteiger partial charge on any atom is 0.0708 e. The number of hydrogen-bond donors (Lipinski definition) is 1. The molecule has 1 aromatic rings. The summed E-state index contributed by atoms with van der Waals surface area (Å²) < 4.78 is 1.74. The molecule has 56 valence electrons. The molecule has 0 saturated heterocycles. The van der Waals surface area contributed by atoms with Gasteiger partial charge >= 0.3 is 0 Å². The van der Waals surface area contributed by atoms with Gasteiger partial charge in [0.25, 0.3) is 0 Å². The number of nitrogens with zero attached hydrogens (tertiary/aromatic N) is 2. The van der Waals surface area contributed by atoms with Crippen LogP contribution in [0.3, 0.4) is 0 Å². The van der Waals surface area contributed by atoms with Crippen LogP contribution in [0.15, 0.2) is 12.3 Å². The van der Waals surface area contributed by atoms with Crippen molar-refractivity contribution in [2.75, 3.05) is 0 Å². The summed E-state index contributed by atoms with van der Waals surface area (Å²) in [5.41, 5.74) is 0.987. The van der Waals surface area contributed by atoms with E-state index in [2.05, 4.69) is 5.10 Å². The number of aryl methyl sites for hydroxylation is 1. The first-order valence-electron chi connectivity index (χ1n) is 3.36. The summed E-state index contributed by atoms with van der Waals surface area (Å²) >= 11 is 0. The van der Waals surface area contributed by atoms with Gasteiger partial charge in [-0.15, -0.1) is 0 Å². The molecule has 10 heavy (non-hydrogen) atoms. The molecule has 0 aliphatic rings. The molecule has 0 unspecified atom stereocenters. The van der Waals surface area contributed by atoms with Crippen LogP contribution in [-0.4, -0.2) is 21.0 Å². The van der Waals surface area contributed by atoms with Crippen LogP contribution in [0, 0.1) is 6.92 Å². The SMILES string of the molecule is Cc1ccn(C[C@H](C)O)n1. The largest absolute Gasteiger partial charge is 0.391 e. The van der Waals surface area contributed by atoms with Gasteiger partial charge < -0.3 is 5.11 Å². The highest BCUT2D eigenvalue weighted by Gasteiger charge is 1.97. The van der Waals surface area contributed by atoms with Gasteiger partial charge in [-0.3, -0.25) is 4.68 Å². The third kappa shape index (κ3) is 1.84. The lowest BCUT2D eigenvalue weighted by Gasteiger charge is -2.02. The molecular formula is C7H12N2O. The summed E-state index contributed by atoms with van der Waals surface area (Å²) in [6, 6.07) is 1.92. The highest BCUT2D eigenvalue weighted by Crippen LogP contribution is 1.93. The molecule has 1 N–H and O–H groups in total. The molecule has 0 saturated carbocycles. The maximum atomic E-state index is 8.95. The van der Waals surface area contributed by atoms with Gasteiger partial charge in [0.2, 0.25) is 0 Å². The maximum absolute atomic E-state index is 8.95. The van der Waals surface area contributed by atoms with E-state index in [1.807, 2.05) is 19.2 Å². The van der Waals surface area contributed by atoms with Gasteiger partial charge in [0.15, 0.2) is 0 Å². The summed E-state index contributed by atoms with van der Waals surface area (Å²) in [5.74, 6) is 0. The fraction of sp³-hybridized carbons (Fsp3) is 0.571. The zero-order valence-corrected chi connectivity index (χ0v) is 6.28. The number of aliphatic hydroxyl groups excluding tert-OH is 1. The zero-order valence-electron chi connectivity index (χ0n) is 6.28. The van der Waals surface area contributed by atoms with Crippen molar-refractivity contribution in [3.8, 4) is 0 Å². The molecule has 0 amide bonds. The molecular weight excluding hydrogens is 128 g/mol. The number of hydrogen-bond acceptors (Lipinski definition) is 2. The zero-order chi connectivity index (χ0) is 7.56. The average Bonchev–Trinajstić information content (AvgIpc) is 2.13. The van der Waals surface area contributed by atoms with E-state index in [-0.39, 0.29) is 6.10 Å². The Hall–Kier alpha value is -0.830. The van der Waals surface area contributed by atoms with E-state index in [0.717, 1.165) is 5.69 Å². The first kappa shape index (κ1) is 7.28. The highest BCUT2D eigenvalue weighted by molar-refractivity contribution is 4.94. The second kappa shape index (κ2) is 2.84. The van der Waals surface area contributed by atoms with E-state index < -0.39 is 0 Å². The second-order valence-electron chi connectivity index (χ2n) is 2.53. The van der Waals surface area contributed by atoms with E-state index in [9.17, 15) is 0 Å². The van der Waals surface area contributed by atoms with Crippen molar-refractivity contribution in [3.63, 3.8) is 0 Å². The molecule has 1 aromatic heterocycles. The average molecular weight is 140 g/mol. The summed E-state index contributed by atoms with van der Waals surface area (Å²) in [6.07, 6.45) is 1.54. The van der Waals surface area contributed by atoms with Gasteiger partial charge in [-0.2, -0.15) is 5.10 Å². The molecule has 0 bridgehead atoms. The van der Waals surface area contributed by atoms with Gasteiger partial charge in [-0.05, 0) is 19.9 Å². The summed E-state index contributed by atoms with van der Waals surface area (Å²) in [4.78, 5) is 0. The summed E-state index contributed by atoms with van der Waals surface area (Å²) in [5, 5.41) is 13.1. The monoisotopic (exact) mass is 140 g/mol. The van der Waals surface area contributed by atoms with Gasteiger partial charge in [0.05, 0.1) is 18.3 Å². The Morgan fingerprint density at radius 3 is 2.90 bits per heavy atom. The van der Waals surface area contributed by atoms with E-state index >= 15 is 0 Å². The van der Waals surface area contributed by atoms with Crippen LogP contribution in [0.1, 0.15) is 12.6 Å². The molecule has 0 aromatic carbocycles. The quantitative estimate of drug-likeness (QED) is 0.652. The van der Waals surface area contributed by atoms with Crippen LogP contribution >= 0.6 is 0 Å². The smallest absolute Gasteiger partial charge is 0.0708 e. The van der Waals surface area contributed by atoms with Gasteiger partial charge in [-0.1, -0.05) is 0 Å². The first-order chi connectivity index (χ1) is 4.68. The van der Waals surface area contributed by atoms with Gasteiger partial charge in [0, 0.05) is 6.20 Å². The minimum Gasteiger partial charge on any atom is -0.391 e. The van der Waals surface area contributed by atoms with Crippen LogP contribution in [0.2, 0.25) is 0 Å². The van der Waals surface area contributed by atoms with Crippen LogP contribution in [0.25, 0.3) is 0 Å². The van der Waals surface area contributed by atoms with Crippen molar-refractivity contribution < 1.29 is 5.11 Å². The van der Waals surface area contributed by atoms with Crippen molar-refractivity contribution in [2.45, 2.75) is 26.5 Å². The first-order valence-corrected chi connectivity index (χ1v) is 3.36. The van der Waals surface area contributed by atoms with Crippen molar-refractivity contribution in [3.05, 3.63) is 18.0 Å². The fourth-order valence-corrected chi connectivity index (χ4v) is 0.836. The topological polar surface area (TPSA) is 38.0 Å². The molecule has 3 nitrogen and oxygen atoms in total. The van der Waals surface area contributed by atoms with Crippen molar-refractivity contribution in [1.29, 1.82) is 0 Å². The van der Waals surface area contributed by atoms with Crippen LogP contribution in [-0.2, 0) is 6.54 Å². The lowest BCUT2D eigenvalue weighted by molar-refractivity contribution is 0.168. The van der Waals surface area contributed by atoms with Crippen LogP contribution < -0.4 is 0 Å². The standard InChI is InChI=1S/C7H12N2O/c1-6-3-4-9(8-6)5-7(2)10/h3-4,7,10H,5H2,1-2H3/t7-/m0/s1. The lowest BCUT2D eigenvalue weighted by Crippen LogP contribution is -2.11. The predicted octanol–water partition coefficient (Wildman–Crippen LogP) is 0.572. The summed E-state index contributed by atoms with van der Waals surface area (Å²) in [7, 11) is 0. The van der Waals surface area contributed by atoms with E-state index in [4.69, 9.17) is 5.11 Å². The third-order valence-corrected chi connectivity index (χ3v) is 1.23. The molecule has 1 heterocycles. The van der Waals surface area contributed by atoms with Gasteiger partial charge in [0.1, 0.15) is 0 Å². The van der Waals surface area contributed by atoms with Crippen molar-refractivity contribution in [2.24, 2.45) is 0 Å². The Balaban J connectivity index is 2.58. The number of aliphatic hydroxyl groups is 1. The van der Waals surface area contributed by atoms with E-state index in [0.29, 0.717) is 6.54 Å². The Kier molecular flexibility index (Phi) is 2.06. The summed E-state index contributed by atoms with van der Waals surface area (Å²) in [6.45, 7) is 4.25. The van der Waals surface area contributed by atoms with Crippen molar-refractivity contribution >= 4 is 0 Å². The Labute approximate surface area is 60.3 Å². The van der Waals surface area contributed by atoms with E-state index in [1.165, 1.54) is 0 Å². The Morgan fingerprint density at radius 2 is 2.50 bits per heavy atom. The lowest BCUT2D eigenvalue weighted by atomic mass is 10.4. The Bertz CT molecular complexity index is 205. The van der Waals surface area contributed by atoms with Gasteiger partial charge in [-0.25, -0.2) is 0 Å². The predicted molar refractivity (Wildman–Crippen MR) is 38.6 cm³/mol. The molecule has 0 aliphatic heterocycles. The van der Waals surface area contributed by atoms with Crippen LogP contribution in [0.5, 0.6) is 0 Å². The second-order valence-corrected chi connectivity index (χ2v) is 2.53. The highest BCUT2D eigenvalue weighted by atomic mass is 16.3. The molecule has 0 spiro atoms. The molecule has 0 fully saturated rings. The Morgan fingerprint density at radius 1 is 1.80 bits per heavy atom. The minimum atomic E-state index is -0.320. The number of aromatic nitrogens is 2. The molecule has 0 aliphatic carbocycles. The molecule has 1 rings (SSSR count). The molecule has 3 heteroatoms. The van der Waals surface area contributed by atoms with E-state index in [1.54, 1.807) is 11.6 Å². The minimum absolute atomic E-state index is 0.320. The molecule has 1 atom stereocenters. The normalized spacial score (nSPS) is 13.5. The fourth-order valence-electron chi connectivity index (χ4n) is 0.836. The van der Waals surface area contributed by atoms with Crippen LogP contribution in [0.4, 0.5) is 0 Å². The molecule has 0 radical (unpaired) electrons. The van der Waals surface area contributed by atoms with Crippen molar-refractivity contribution in [1.82, 2.24) is 9.78 Å². The number of rotatable bonds is 2.